The van der Waals surface area contributed by atoms with E-state index in [1.807, 2.05) is 36.4 Å². The lowest BCUT2D eigenvalue weighted by Gasteiger charge is -2.38. The number of fused-ring (bicyclic) bond motifs is 4. The van der Waals surface area contributed by atoms with Crippen LogP contribution in [0.15, 0.2) is 53.5 Å². The van der Waals surface area contributed by atoms with E-state index in [1.54, 1.807) is 12.1 Å². The molecule has 0 saturated carbocycles. The maximum Gasteiger partial charge on any atom is 0.231 e. The molecule has 41 heavy (non-hydrogen) atoms. The van der Waals surface area contributed by atoms with Gasteiger partial charge in [-0.2, -0.15) is 0 Å². The fourth-order valence-corrected chi connectivity index (χ4v) is 6.48. The first-order valence-corrected chi connectivity index (χ1v) is 13.5. The minimum absolute atomic E-state index is 0.0929. The summed E-state index contributed by atoms with van der Waals surface area (Å²) in [5, 5.41) is 21.0. The van der Waals surface area contributed by atoms with E-state index >= 15 is 0 Å². The predicted molar refractivity (Wildman–Crippen MR) is 153 cm³/mol. The number of aromatic amines is 1. The zero-order chi connectivity index (χ0) is 28.4. The van der Waals surface area contributed by atoms with Gasteiger partial charge in [-0.1, -0.05) is 11.6 Å². The second-order valence-electron chi connectivity index (χ2n) is 10.3. The molecule has 3 aromatic carbocycles. The summed E-state index contributed by atoms with van der Waals surface area (Å²) in [6.07, 6.45) is 0. The van der Waals surface area contributed by atoms with Crippen molar-refractivity contribution in [3.8, 4) is 28.7 Å². The number of phenolic OH excluding ortho intramolecular Hbond substituents is 1. The standard InChI is InChI=1S/C30H27ClN4O6/c1-37-23-7-14(8-24(38-2)28(23)36)25-16-9-21-22(41-12-40-21)10-17(16)27(18-11-39-30(33)26(18)25)35-29(32)20-6-13-5-15(31)3-4-19(13)34-20/h3-10,18,25-27,33-34,36H,11-12H2,1-2H3,(H2,32,35)/t18-,25+,26-,27+/m0/s1. The number of rotatable bonds is 5. The Labute approximate surface area is 240 Å². The molecule has 10 nitrogen and oxygen atoms in total. The number of nitrogens with zero attached hydrogens (tertiary/aromatic N) is 1. The quantitative estimate of drug-likeness (QED) is 0.192. The number of ether oxygens (including phenoxy) is 5. The van der Waals surface area contributed by atoms with Crippen LogP contribution in [0.25, 0.3) is 10.9 Å². The number of nitrogens with two attached hydrogens (primary N) is 1. The van der Waals surface area contributed by atoms with Crippen molar-refractivity contribution in [2.45, 2.75) is 12.0 Å². The van der Waals surface area contributed by atoms with E-state index in [0.29, 0.717) is 34.7 Å². The number of hydrogen-bond donors (Lipinski definition) is 4. The molecule has 3 aliphatic rings. The Morgan fingerprint density at radius 1 is 1.02 bits per heavy atom. The number of methoxy groups -OCH3 is 2. The van der Waals surface area contributed by atoms with Crippen LogP contribution in [0.3, 0.4) is 0 Å². The summed E-state index contributed by atoms with van der Waals surface area (Å²) >= 11 is 6.19. The van der Waals surface area contributed by atoms with Gasteiger partial charge in [0.2, 0.25) is 12.5 Å². The summed E-state index contributed by atoms with van der Waals surface area (Å²) < 4.78 is 28.3. The molecule has 11 heteroatoms. The topological polar surface area (TPSA) is 144 Å². The minimum atomic E-state index is -0.431. The highest BCUT2D eigenvalue weighted by molar-refractivity contribution is 6.31. The number of nitrogens with one attached hydrogen (secondary N) is 2. The van der Waals surface area contributed by atoms with Crippen molar-refractivity contribution in [2.75, 3.05) is 27.6 Å². The lowest BCUT2D eigenvalue weighted by molar-refractivity contribution is 0.174. The molecule has 5 N–H and O–H groups in total. The third kappa shape index (κ3) is 4.01. The van der Waals surface area contributed by atoms with E-state index in [-0.39, 0.29) is 47.7 Å². The molecule has 0 amide bonds. The predicted octanol–water partition coefficient (Wildman–Crippen LogP) is 5.10. The maximum atomic E-state index is 10.6. The van der Waals surface area contributed by atoms with E-state index in [4.69, 9.17) is 51.4 Å². The summed E-state index contributed by atoms with van der Waals surface area (Å²) in [4.78, 5) is 8.37. The van der Waals surface area contributed by atoms with Crippen LogP contribution < -0.4 is 24.7 Å². The fourth-order valence-electron chi connectivity index (χ4n) is 6.30. The third-order valence-electron chi connectivity index (χ3n) is 8.19. The molecule has 1 saturated heterocycles. The molecule has 4 aromatic rings. The minimum Gasteiger partial charge on any atom is -0.502 e. The number of halogens is 1. The van der Waals surface area contributed by atoms with Crippen molar-refractivity contribution in [1.29, 1.82) is 5.41 Å². The van der Waals surface area contributed by atoms with E-state index in [2.05, 4.69) is 4.98 Å². The summed E-state index contributed by atoms with van der Waals surface area (Å²) in [5.74, 6) is 1.25. The van der Waals surface area contributed by atoms with Crippen molar-refractivity contribution in [3.05, 3.63) is 75.9 Å². The third-order valence-corrected chi connectivity index (χ3v) is 8.43. The second kappa shape index (κ2) is 9.52. The van der Waals surface area contributed by atoms with E-state index in [0.717, 1.165) is 27.6 Å². The largest absolute Gasteiger partial charge is 0.502 e. The average molecular weight is 575 g/mol. The van der Waals surface area contributed by atoms with Crippen molar-refractivity contribution in [3.63, 3.8) is 0 Å². The molecule has 4 atom stereocenters. The first-order chi connectivity index (χ1) is 19.9. The second-order valence-corrected chi connectivity index (χ2v) is 10.8. The van der Waals surface area contributed by atoms with Gasteiger partial charge in [0, 0.05) is 27.8 Å². The molecular formula is C30H27ClN4O6. The molecule has 1 fully saturated rings. The van der Waals surface area contributed by atoms with Crippen LogP contribution in [0.5, 0.6) is 28.7 Å². The number of aromatic hydroxyl groups is 1. The molecule has 1 aliphatic carbocycles. The highest BCUT2D eigenvalue weighted by atomic mass is 35.5. The Morgan fingerprint density at radius 3 is 2.44 bits per heavy atom. The maximum absolute atomic E-state index is 10.6. The molecule has 210 valence electrons. The summed E-state index contributed by atoms with van der Waals surface area (Å²) in [6, 6.07) is 14.5. The van der Waals surface area contributed by atoms with Crippen LogP contribution >= 0.6 is 11.6 Å². The van der Waals surface area contributed by atoms with Gasteiger partial charge in [0.1, 0.15) is 5.84 Å². The van der Waals surface area contributed by atoms with Gasteiger partial charge in [0.15, 0.2) is 28.9 Å². The van der Waals surface area contributed by atoms with Gasteiger partial charge in [-0.3, -0.25) is 10.4 Å². The van der Waals surface area contributed by atoms with E-state index in [1.165, 1.54) is 14.2 Å². The fraction of sp³-hybridized carbons (Fsp3) is 0.267. The number of aliphatic imine (C=N–C) groups is 1. The van der Waals surface area contributed by atoms with Crippen LogP contribution in [0.1, 0.15) is 34.3 Å². The number of phenols is 1. The van der Waals surface area contributed by atoms with Crippen LogP contribution in [0.2, 0.25) is 5.02 Å². The van der Waals surface area contributed by atoms with Crippen molar-refractivity contribution < 1.29 is 28.8 Å². The first kappa shape index (κ1) is 25.4. The number of aromatic nitrogens is 1. The van der Waals surface area contributed by atoms with Gasteiger partial charge in [0.25, 0.3) is 0 Å². The summed E-state index contributed by atoms with van der Waals surface area (Å²) in [6.45, 7) is 0.410. The van der Waals surface area contributed by atoms with Gasteiger partial charge < -0.3 is 39.5 Å². The van der Waals surface area contributed by atoms with Gasteiger partial charge in [0.05, 0.1) is 38.5 Å². The molecule has 0 spiro atoms. The van der Waals surface area contributed by atoms with Crippen molar-refractivity contribution in [2.24, 2.45) is 22.6 Å². The number of hydrogen-bond acceptors (Lipinski definition) is 8. The van der Waals surface area contributed by atoms with Crippen LogP contribution in [-0.4, -0.2) is 49.4 Å². The Kier molecular flexibility index (Phi) is 5.90. The summed E-state index contributed by atoms with van der Waals surface area (Å²) in [5.41, 5.74) is 10.8. The van der Waals surface area contributed by atoms with Crippen molar-refractivity contribution in [1.82, 2.24) is 4.98 Å². The SMILES string of the molecule is COc1cc([C@@H]2c3cc4c(cc3[C@@H](N=C(N)c3cc5cc(Cl)ccc5[nH]3)[C@H]3COC(=N)[C@H]23)OCO4)cc(OC)c1O. The molecule has 7 rings (SSSR count). The van der Waals surface area contributed by atoms with Gasteiger partial charge in [-0.15, -0.1) is 0 Å². The Balaban J connectivity index is 1.41. The number of H-pyrrole nitrogens is 1. The lowest BCUT2D eigenvalue weighted by atomic mass is 9.65. The van der Waals surface area contributed by atoms with Crippen LogP contribution in [0, 0.1) is 17.2 Å². The average Bonchev–Trinajstić information content (AvgIpc) is 3.70. The van der Waals surface area contributed by atoms with E-state index < -0.39 is 6.04 Å². The lowest BCUT2D eigenvalue weighted by Crippen LogP contribution is -2.35. The normalized spacial score (nSPS) is 22.8. The first-order valence-electron chi connectivity index (χ1n) is 13.1. The van der Waals surface area contributed by atoms with Gasteiger partial charge in [-0.25, -0.2) is 0 Å². The summed E-state index contributed by atoms with van der Waals surface area (Å²) in [7, 11) is 2.97. The highest BCUT2D eigenvalue weighted by Gasteiger charge is 2.51. The highest BCUT2D eigenvalue weighted by Crippen LogP contribution is 2.56. The number of benzene rings is 3. The molecule has 3 heterocycles. The van der Waals surface area contributed by atoms with Crippen LogP contribution in [0.4, 0.5) is 0 Å². The molecule has 0 unspecified atom stereocenters. The molecule has 2 aliphatic heterocycles. The van der Waals surface area contributed by atoms with Crippen molar-refractivity contribution >= 4 is 34.2 Å². The zero-order valence-corrected chi connectivity index (χ0v) is 23.0. The molecule has 1 aromatic heterocycles. The smallest absolute Gasteiger partial charge is 0.231 e. The van der Waals surface area contributed by atoms with Crippen LogP contribution in [-0.2, 0) is 4.74 Å². The number of amidine groups is 1. The Bertz CT molecular complexity index is 1730. The molecule has 0 bridgehead atoms. The Hall–Kier alpha value is -4.57. The zero-order valence-electron chi connectivity index (χ0n) is 22.2. The van der Waals surface area contributed by atoms with E-state index in [9.17, 15) is 5.11 Å². The van der Waals surface area contributed by atoms with Gasteiger partial charge in [-0.05, 0) is 65.2 Å². The molecular weight excluding hydrogens is 548 g/mol. The van der Waals surface area contributed by atoms with Gasteiger partial charge >= 0.3 is 0 Å². The monoisotopic (exact) mass is 574 g/mol. The Morgan fingerprint density at radius 2 is 1.73 bits per heavy atom. The molecule has 0 radical (unpaired) electrons.